The number of hydrogen-bond acceptors (Lipinski definition) is 2. The normalized spacial score (nSPS) is 23.8. The molecule has 0 saturated carbocycles. The molecule has 1 atom stereocenters. The van der Waals surface area contributed by atoms with Crippen LogP contribution >= 0.6 is 11.6 Å². The van der Waals surface area contributed by atoms with Crippen molar-refractivity contribution in [1.82, 2.24) is 5.32 Å². The van der Waals surface area contributed by atoms with Crippen LogP contribution in [0.5, 0.6) is 0 Å². The van der Waals surface area contributed by atoms with E-state index in [-0.39, 0.29) is 5.54 Å². The van der Waals surface area contributed by atoms with Gasteiger partial charge in [0.2, 0.25) is 0 Å². The lowest BCUT2D eigenvalue weighted by atomic mass is 9.95. The van der Waals surface area contributed by atoms with Crippen LogP contribution in [0.15, 0.2) is 24.3 Å². The summed E-state index contributed by atoms with van der Waals surface area (Å²) < 4.78 is 0. The molecule has 1 aromatic rings. The highest BCUT2D eigenvalue weighted by Crippen LogP contribution is 2.34. The van der Waals surface area contributed by atoms with E-state index in [1.807, 2.05) is 25.2 Å². The fourth-order valence-corrected chi connectivity index (χ4v) is 2.88. The molecule has 0 aliphatic carbocycles. The second-order valence-electron chi connectivity index (χ2n) is 4.92. The summed E-state index contributed by atoms with van der Waals surface area (Å²) >= 11 is 6.04. The SMILES string of the molecule is CNC1CCN(c2cccc(Cl)c2)C1(C)C. The van der Waals surface area contributed by atoms with E-state index >= 15 is 0 Å². The lowest BCUT2D eigenvalue weighted by molar-refractivity contribution is 0.403. The highest BCUT2D eigenvalue weighted by molar-refractivity contribution is 6.30. The van der Waals surface area contributed by atoms with E-state index < -0.39 is 0 Å². The van der Waals surface area contributed by atoms with E-state index in [0.717, 1.165) is 11.6 Å². The van der Waals surface area contributed by atoms with Gasteiger partial charge in [0.1, 0.15) is 0 Å². The molecule has 1 heterocycles. The topological polar surface area (TPSA) is 15.3 Å². The fraction of sp³-hybridized carbons (Fsp3) is 0.538. The number of anilines is 1. The van der Waals surface area contributed by atoms with Crippen LogP contribution in [0.4, 0.5) is 5.69 Å². The highest BCUT2D eigenvalue weighted by Gasteiger charge is 2.40. The van der Waals surface area contributed by atoms with Crippen LogP contribution < -0.4 is 10.2 Å². The maximum atomic E-state index is 6.04. The summed E-state index contributed by atoms with van der Waals surface area (Å²) in [7, 11) is 2.04. The largest absolute Gasteiger partial charge is 0.365 e. The maximum Gasteiger partial charge on any atom is 0.0499 e. The van der Waals surface area contributed by atoms with Crippen molar-refractivity contribution in [2.45, 2.75) is 31.8 Å². The lowest BCUT2D eigenvalue weighted by Crippen LogP contribution is -2.50. The number of rotatable bonds is 2. The van der Waals surface area contributed by atoms with Crippen molar-refractivity contribution in [3.63, 3.8) is 0 Å². The molecule has 2 nitrogen and oxygen atoms in total. The summed E-state index contributed by atoms with van der Waals surface area (Å²) in [6.45, 7) is 5.64. The van der Waals surface area contributed by atoms with Crippen LogP contribution in [0.1, 0.15) is 20.3 Å². The molecule has 3 heteroatoms. The Balaban J connectivity index is 2.29. The number of halogens is 1. The Hall–Kier alpha value is -0.730. The van der Waals surface area contributed by atoms with Crippen molar-refractivity contribution >= 4 is 17.3 Å². The Labute approximate surface area is 103 Å². The lowest BCUT2D eigenvalue weighted by Gasteiger charge is -2.37. The molecular weight excluding hydrogens is 220 g/mol. The molecule has 1 aromatic carbocycles. The Morgan fingerprint density at radius 1 is 1.44 bits per heavy atom. The van der Waals surface area contributed by atoms with Crippen molar-refractivity contribution in [2.75, 3.05) is 18.5 Å². The quantitative estimate of drug-likeness (QED) is 0.853. The van der Waals surface area contributed by atoms with Gasteiger partial charge in [-0.3, -0.25) is 0 Å². The Bertz CT molecular complexity index is 376. The average molecular weight is 239 g/mol. The van der Waals surface area contributed by atoms with Crippen molar-refractivity contribution in [3.8, 4) is 0 Å². The Morgan fingerprint density at radius 3 is 2.75 bits per heavy atom. The van der Waals surface area contributed by atoms with E-state index in [1.54, 1.807) is 0 Å². The van der Waals surface area contributed by atoms with Crippen LogP contribution in [0, 0.1) is 0 Å². The first-order chi connectivity index (χ1) is 7.55. The molecule has 1 unspecified atom stereocenters. The van der Waals surface area contributed by atoms with E-state index in [1.165, 1.54) is 12.1 Å². The summed E-state index contributed by atoms with van der Waals surface area (Å²) in [6, 6.07) is 8.64. The van der Waals surface area contributed by atoms with Crippen molar-refractivity contribution < 1.29 is 0 Å². The predicted molar refractivity (Wildman–Crippen MR) is 70.3 cm³/mol. The average Bonchev–Trinajstić information content (AvgIpc) is 2.53. The zero-order chi connectivity index (χ0) is 11.8. The van der Waals surface area contributed by atoms with Gasteiger partial charge in [-0.2, -0.15) is 0 Å². The smallest absolute Gasteiger partial charge is 0.0499 e. The fourth-order valence-electron chi connectivity index (χ4n) is 2.69. The van der Waals surface area contributed by atoms with Gasteiger partial charge in [0.05, 0.1) is 0 Å². The first-order valence-corrected chi connectivity index (χ1v) is 6.14. The van der Waals surface area contributed by atoms with Gasteiger partial charge in [-0.05, 0) is 45.5 Å². The molecule has 0 spiro atoms. The van der Waals surface area contributed by atoms with Crippen molar-refractivity contribution in [1.29, 1.82) is 0 Å². The molecule has 1 aliphatic rings. The number of nitrogens with zero attached hydrogens (tertiary/aromatic N) is 1. The maximum absolute atomic E-state index is 6.04. The van der Waals surface area contributed by atoms with Crippen LogP contribution in [0.2, 0.25) is 5.02 Å². The van der Waals surface area contributed by atoms with Gasteiger partial charge in [0.25, 0.3) is 0 Å². The third-order valence-electron chi connectivity index (χ3n) is 3.66. The summed E-state index contributed by atoms with van der Waals surface area (Å²) in [5, 5.41) is 4.20. The molecule has 1 saturated heterocycles. The summed E-state index contributed by atoms with van der Waals surface area (Å²) in [5.74, 6) is 0. The zero-order valence-corrected chi connectivity index (χ0v) is 10.9. The monoisotopic (exact) mass is 238 g/mol. The van der Waals surface area contributed by atoms with Gasteiger partial charge in [0, 0.05) is 28.8 Å². The van der Waals surface area contributed by atoms with E-state index in [0.29, 0.717) is 6.04 Å². The molecule has 1 fully saturated rings. The summed E-state index contributed by atoms with van der Waals surface area (Å²) in [6.07, 6.45) is 1.18. The van der Waals surface area contributed by atoms with Crippen LogP contribution in [-0.4, -0.2) is 25.2 Å². The highest BCUT2D eigenvalue weighted by atomic mass is 35.5. The number of likely N-dealkylation sites (N-methyl/N-ethyl adjacent to an activating group) is 1. The van der Waals surface area contributed by atoms with Gasteiger partial charge in [-0.25, -0.2) is 0 Å². The predicted octanol–water partition coefficient (Wildman–Crippen LogP) is 2.92. The molecule has 0 bridgehead atoms. The molecule has 0 aromatic heterocycles. The number of hydrogen-bond donors (Lipinski definition) is 1. The third kappa shape index (κ3) is 1.92. The van der Waals surface area contributed by atoms with E-state index in [4.69, 9.17) is 11.6 Å². The second-order valence-corrected chi connectivity index (χ2v) is 5.35. The van der Waals surface area contributed by atoms with Crippen molar-refractivity contribution in [2.24, 2.45) is 0 Å². The van der Waals surface area contributed by atoms with Gasteiger partial charge in [0.15, 0.2) is 0 Å². The molecule has 0 amide bonds. The van der Waals surface area contributed by atoms with Crippen molar-refractivity contribution in [3.05, 3.63) is 29.3 Å². The zero-order valence-electron chi connectivity index (χ0n) is 10.1. The van der Waals surface area contributed by atoms with Gasteiger partial charge >= 0.3 is 0 Å². The first kappa shape index (κ1) is 11.7. The van der Waals surface area contributed by atoms with Gasteiger partial charge in [-0.15, -0.1) is 0 Å². The Kier molecular flexibility index (Phi) is 3.13. The molecular formula is C13H19ClN2. The number of benzene rings is 1. The van der Waals surface area contributed by atoms with E-state index in [2.05, 4.69) is 30.1 Å². The number of nitrogens with one attached hydrogen (secondary N) is 1. The Morgan fingerprint density at radius 2 is 2.19 bits per heavy atom. The molecule has 16 heavy (non-hydrogen) atoms. The first-order valence-electron chi connectivity index (χ1n) is 5.76. The van der Waals surface area contributed by atoms with Gasteiger partial charge < -0.3 is 10.2 Å². The van der Waals surface area contributed by atoms with Crippen LogP contribution in [0.25, 0.3) is 0 Å². The second kappa shape index (κ2) is 4.27. The van der Waals surface area contributed by atoms with Gasteiger partial charge in [-0.1, -0.05) is 17.7 Å². The third-order valence-corrected chi connectivity index (χ3v) is 3.89. The molecule has 1 aliphatic heterocycles. The standard InChI is InChI=1S/C13H19ClN2/c1-13(2)12(15-3)7-8-16(13)11-6-4-5-10(14)9-11/h4-6,9,12,15H,7-8H2,1-3H3. The summed E-state index contributed by atoms with van der Waals surface area (Å²) in [4.78, 5) is 2.43. The summed E-state index contributed by atoms with van der Waals surface area (Å²) in [5.41, 5.74) is 1.36. The molecule has 88 valence electrons. The minimum Gasteiger partial charge on any atom is -0.365 e. The van der Waals surface area contributed by atoms with E-state index in [9.17, 15) is 0 Å². The van der Waals surface area contributed by atoms with Crippen LogP contribution in [0.3, 0.4) is 0 Å². The molecule has 2 rings (SSSR count). The minimum atomic E-state index is 0.138. The van der Waals surface area contributed by atoms with Crippen LogP contribution in [-0.2, 0) is 0 Å². The minimum absolute atomic E-state index is 0.138. The molecule has 0 radical (unpaired) electrons. The molecule has 1 N–H and O–H groups in total.